The molecule has 2 rings (SSSR count). The number of nitrogens with zero attached hydrogens (tertiary/aromatic N) is 2. The van der Waals surface area contributed by atoms with Crippen molar-refractivity contribution in [2.24, 2.45) is 5.92 Å². The number of carbonyl (C=O) groups excluding carboxylic acids is 1. The van der Waals surface area contributed by atoms with Crippen LogP contribution in [0, 0.1) is 24.2 Å². The summed E-state index contributed by atoms with van der Waals surface area (Å²) in [5, 5.41) is 9.60. The number of aryl methyl sites for hydroxylation is 1. The van der Waals surface area contributed by atoms with Crippen LogP contribution < -0.4 is 0 Å². The van der Waals surface area contributed by atoms with Gasteiger partial charge in [-0.3, -0.25) is 4.79 Å². The van der Waals surface area contributed by atoms with Gasteiger partial charge in [-0.05, 0) is 43.5 Å². The highest BCUT2D eigenvalue weighted by molar-refractivity contribution is 6.31. The molecule has 1 atom stereocenters. The summed E-state index contributed by atoms with van der Waals surface area (Å²) in [5.41, 5.74) is 1.55. The smallest absolute Gasteiger partial charge is 0.253 e. The minimum absolute atomic E-state index is 0.00489. The van der Waals surface area contributed by atoms with Crippen molar-refractivity contribution in [3.05, 3.63) is 34.3 Å². The Morgan fingerprint density at radius 1 is 1.56 bits per heavy atom. The first kappa shape index (κ1) is 12.9. The van der Waals surface area contributed by atoms with E-state index in [0.717, 1.165) is 24.9 Å². The number of likely N-dealkylation sites (tertiary alicyclic amines) is 1. The molecule has 0 radical (unpaired) electrons. The third kappa shape index (κ3) is 2.65. The Balaban J connectivity index is 2.15. The Morgan fingerprint density at radius 3 is 3.00 bits per heavy atom. The molecule has 0 spiro atoms. The molecule has 18 heavy (non-hydrogen) atoms. The normalized spacial score (nSPS) is 19.4. The maximum absolute atomic E-state index is 12.3. The zero-order valence-corrected chi connectivity index (χ0v) is 11.1. The summed E-state index contributed by atoms with van der Waals surface area (Å²) < 4.78 is 0. The number of benzene rings is 1. The summed E-state index contributed by atoms with van der Waals surface area (Å²) in [4.78, 5) is 14.1. The second kappa shape index (κ2) is 5.41. The zero-order chi connectivity index (χ0) is 13.1. The van der Waals surface area contributed by atoms with Crippen molar-refractivity contribution in [3.63, 3.8) is 0 Å². The molecule has 1 saturated heterocycles. The highest BCUT2D eigenvalue weighted by Gasteiger charge is 2.24. The van der Waals surface area contributed by atoms with E-state index in [1.807, 2.05) is 6.92 Å². The van der Waals surface area contributed by atoms with Crippen LogP contribution in [0.4, 0.5) is 0 Å². The summed E-state index contributed by atoms with van der Waals surface area (Å²) in [5.74, 6) is -0.0363. The van der Waals surface area contributed by atoms with E-state index in [0.29, 0.717) is 17.1 Å². The molecule has 0 bridgehead atoms. The predicted molar refractivity (Wildman–Crippen MR) is 70.4 cm³/mol. The lowest BCUT2D eigenvalue weighted by atomic mass is 9.99. The molecular formula is C14H15ClN2O. The van der Waals surface area contributed by atoms with Gasteiger partial charge in [0.1, 0.15) is 0 Å². The molecule has 1 aromatic rings. The van der Waals surface area contributed by atoms with E-state index in [1.165, 1.54) is 0 Å². The van der Waals surface area contributed by atoms with Gasteiger partial charge in [0.25, 0.3) is 5.91 Å². The van der Waals surface area contributed by atoms with Crippen molar-refractivity contribution in [1.82, 2.24) is 4.90 Å². The maximum Gasteiger partial charge on any atom is 0.253 e. The number of halogens is 1. The number of rotatable bonds is 1. The molecule has 0 aliphatic carbocycles. The fraction of sp³-hybridized carbons (Fsp3) is 0.429. The van der Waals surface area contributed by atoms with Crippen molar-refractivity contribution in [2.45, 2.75) is 19.8 Å². The van der Waals surface area contributed by atoms with E-state index in [1.54, 1.807) is 23.1 Å². The molecule has 0 aromatic heterocycles. The Bertz CT molecular complexity index is 507. The van der Waals surface area contributed by atoms with Gasteiger partial charge in [-0.2, -0.15) is 5.26 Å². The molecule has 1 aliphatic heterocycles. The lowest BCUT2D eigenvalue weighted by Crippen LogP contribution is -2.39. The van der Waals surface area contributed by atoms with Gasteiger partial charge in [-0.15, -0.1) is 0 Å². The molecule has 1 unspecified atom stereocenters. The Kier molecular flexibility index (Phi) is 3.88. The molecule has 1 heterocycles. The molecule has 1 aromatic carbocycles. The molecule has 3 nitrogen and oxygen atoms in total. The second-order valence-corrected chi connectivity index (χ2v) is 5.09. The Labute approximate surface area is 112 Å². The average molecular weight is 263 g/mol. The first-order chi connectivity index (χ1) is 8.61. The number of carbonyl (C=O) groups is 1. The molecule has 1 amide bonds. The number of hydrogen-bond acceptors (Lipinski definition) is 2. The quantitative estimate of drug-likeness (QED) is 0.781. The fourth-order valence-corrected chi connectivity index (χ4v) is 2.34. The predicted octanol–water partition coefficient (Wildman–Crippen LogP) is 3.02. The molecule has 4 heteroatoms. The Morgan fingerprint density at radius 2 is 2.33 bits per heavy atom. The topological polar surface area (TPSA) is 44.1 Å². The number of amides is 1. The largest absolute Gasteiger partial charge is 0.337 e. The zero-order valence-electron chi connectivity index (χ0n) is 10.3. The molecule has 1 aliphatic rings. The van der Waals surface area contributed by atoms with Gasteiger partial charge in [-0.25, -0.2) is 0 Å². The Hall–Kier alpha value is -1.53. The second-order valence-electron chi connectivity index (χ2n) is 4.68. The van der Waals surface area contributed by atoms with Crippen LogP contribution in [0.2, 0.25) is 5.02 Å². The van der Waals surface area contributed by atoms with Crippen molar-refractivity contribution < 1.29 is 4.79 Å². The highest BCUT2D eigenvalue weighted by Crippen LogP contribution is 2.21. The fourth-order valence-electron chi connectivity index (χ4n) is 2.23. The summed E-state index contributed by atoms with van der Waals surface area (Å²) in [6.07, 6.45) is 1.79. The van der Waals surface area contributed by atoms with E-state index >= 15 is 0 Å². The monoisotopic (exact) mass is 262 g/mol. The first-order valence-corrected chi connectivity index (χ1v) is 6.44. The lowest BCUT2D eigenvalue weighted by Gasteiger charge is -2.29. The number of nitriles is 1. The van der Waals surface area contributed by atoms with Crippen LogP contribution in [0.5, 0.6) is 0 Å². The van der Waals surface area contributed by atoms with Gasteiger partial charge in [-0.1, -0.05) is 11.6 Å². The molecule has 0 saturated carbocycles. The van der Waals surface area contributed by atoms with Gasteiger partial charge < -0.3 is 4.90 Å². The van der Waals surface area contributed by atoms with E-state index in [2.05, 4.69) is 6.07 Å². The average Bonchev–Trinajstić information content (AvgIpc) is 2.41. The number of piperidine rings is 1. The van der Waals surface area contributed by atoms with Crippen LogP contribution >= 0.6 is 11.6 Å². The van der Waals surface area contributed by atoms with Crippen LogP contribution in [-0.2, 0) is 0 Å². The van der Waals surface area contributed by atoms with Crippen LogP contribution in [0.3, 0.4) is 0 Å². The van der Waals surface area contributed by atoms with Gasteiger partial charge >= 0.3 is 0 Å². The van der Waals surface area contributed by atoms with Crippen molar-refractivity contribution in [1.29, 1.82) is 5.26 Å². The third-order valence-corrected chi connectivity index (χ3v) is 3.72. The van der Waals surface area contributed by atoms with Gasteiger partial charge in [0.15, 0.2) is 0 Å². The van der Waals surface area contributed by atoms with Gasteiger partial charge in [0, 0.05) is 23.7 Å². The van der Waals surface area contributed by atoms with Crippen molar-refractivity contribution in [2.75, 3.05) is 13.1 Å². The SMILES string of the molecule is Cc1cc(C(=O)N2CCCC(C#N)C2)ccc1Cl. The van der Waals surface area contributed by atoms with Crippen LogP contribution in [0.15, 0.2) is 18.2 Å². The van der Waals surface area contributed by atoms with E-state index in [-0.39, 0.29) is 11.8 Å². The molecular weight excluding hydrogens is 248 g/mol. The summed E-state index contributed by atoms with van der Waals surface area (Å²) in [7, 11) is 0. The number of hydrogen-bond donors (Lipinski definition) is 0. The van der Waals surface area contributed by atoms with E-state index in [4.69, 9.17) is 16.9 Å². The summed E-state index contributed by atoms with van der Waals surface area (Å²) in [6, 6.07) is 7.54. The summed E-state index contributed by atoms with van der Waals surface area (Å²) in [6.45, 7) is 3.16. The minimum atomic E-state index is -0.0314. The lowest BCUT2D eigenvalue weighted by molar-refractivity contribution is 0.0698. The summed E-state index contributed by atoms with van der Waals surface area (Å²) >= 11 is 5.95. The minimum Gasteiger partial charge on any atom is -0.337 e. The molecule has 1 fully saturated rings. The van der Waals surface area contributed by atoms with E-state index in [9.17, 15) is 4.79 Å². The van der Waals surface area contributed by atoms with Crippen LogP contribution in [-0.4, -0.2) is 23.9 Å². The highest BCUT2D eigenvalue weighted by atomic mass is 35.5. The van der Waals surface area contributed by atoms with Gasteiger partial charge in [0.2, 0.25) is 0 Å². The van der Waals surface area contributed by atoms with Crippen LogP contribution in [0.1, 0.15) is 28.8 Å². The van der Waals surface area contributed by atoms with E-state index < -0.39 is 0 Å². The maximum atomic E-state index is 12.3. The molecule has 0 N–H and O–H groups in total. The van der Waals surface area contributed by atoms with Crippen LogP contribution in [0.25, 0.3) is 0 Å². The molecule has 94 valence electrons. The van der Waals surface area contributed by atoms with Crippen molar-refractivity contribution in [3.8, 4) is 6.07 Å². The first-order valence-electron chi connectivity index (χ1n) is 6.07. The standard InChI is InChI=1S/C14H15ClN2O/c1-10-7-12(4-5-13(10)15)14(18)17-6-2-3-11(8-16)9-17/h4-5,7,11H,2-3,6,9H2,1H3. The third-order valence-electron chi connectivity index (χ3n) is 3.30. The van der Waals surface area contributed by atoms with Crippen molar-refractivity contribution >= 4 is 17.5 Å². The van der Waals surface area contributed by atoms with Gasteiger partial charge in [0.05, 0.1) is 12.0 Å².